The van der Waals surface area contributed by atoms with Gasteiger partial charge in [-0.3, -0.25) is 9.69 Å². The lowest BCUT2D eigenvalue weighted by Crippen LogP contribution is -2.36. The van der Waals surface area contributed by atoms with E-state index in [1.54, 1.807) is 11.1 Å². The van der Waals surface area contributed by atoms with E-state index in [2.05, 4.69) is 10.3 Å². The van der Waals surface area contributed by atoms with E-state index in [-0.39, 0.29) is 11.8 Å². The maximum atomic E-state index is 12.0. The van der Waals surface area contributed by atoms with Gasteiger partial charge < -0.3 is 5.32 Å². The van der Waals surface area contributed by atoms with Crippen LogP contribution in [0.3, 0.4) is 0 Å². The maximum Gasteiger partial charge on any atom is 0.232 e. The summed E-state index contributed by atoms with van der Waals surface area (Å²) in [6, 6.07) is 5.63. The van der Waals surface area contributed by atoms with Gasteiger partial charge in [0.1, 0.15) is 5.82 Å². The summed E-state index contributed by atoms with van der Waals surface area (Å²) < 4.78 is 0. The van der Waals surface area contributed by atoms with Crippen LogP contribution >= 0.6 is 0 Å². The number of nitrogens with zero attached hydrogens (tertiary/aromatic N) is 2. The van der Waals surface area contributed by atoms with Crippen LogP contribution in [0.15, 0.2) is 24.4 Å². The molecule has 0 aromatic carbocycles. The van der Waals surface area contributed by atoms with E-state index < -0.39 is 0 Å². The minimum absolute atomic E-state index is 0.0227. The fourth-order valence-electron chi connectivity index (χ4n) is 1.71. The fourth-order valence-corrected chi connectivity index (χ4v) is 1.71. The summed E-state index contributed by atoms with van der Waals surface area (Å²) in [5.74, 6) is 0.922. The second kappa shape index (κ2) is 4.40. The molecule has 0 radical (unpaired) electrons. The molecule has 4 nitrogen and oxygen atoms in total. The van der Waals surface area contributed by atoms with Gasteiger partial charge in [-0.25, -0.2) is 4.98 Å². The number of carbonyl (C=O) groups is 1. The second-order valence-corrected chi connectivity index (χ2v) is 3.78. The molecule has 2 rings (SSSR count). The van der Waals surface area contributed by atoms with Crippen LogP contribution in [-0.2, 0) is 4.79 Å². The third-order valence-electron chi connectivity index (χ3n) is 2.58. The van der Waals surface area contributed by atoms with Crippen molar-refractivity contribution in [2.45, 2.75) is 6.92 Å². The molecule has 1 aliphatic rings. The first-order chi connectivity index (χ1) is 7.29. The molecular weight excluding hydrogens is 190 g/mol. The second-order valence-electron chi connectivity index (χ2n) is 3.78. The molecule has 80 valence electrons. The summed E-state index contributed by atoms with van der Waals surface area (Å²) in [7, 11) is 0. The normalized spacial score (nSPS) is 22.6. The van der Waals surface area contributed by atoms with Crippen LogP contribution in [-0.4, -0.2) is 30.5 Å². The number of rotatable bonds is 1. The van der Waals surface area contributed by atoms with Crippen molar-refractivity contribution >= 4 is 11.7 Å². The molecule has 1 saturated heterocycles. The molecule has 4 heteroatoms. The van der Waals surface area contributed by atoms with E-state index in [9.17, 15) is 4.79 Å². The summed E-state index contributed by atoms with van der Waals surface area (Å²) >= 11 is 0. The van der Waals surface area contributed by atoms with Crippen LogP contribution < -0.4 is 10.2 Å². The van der Waals surface area contributed by atoms with Gasteiger partial charge in [0.2, 0.25) is 5.91 Å². The molecule has 1 aliphatic heterocycles. The highest BCUT2D eigenvalue weighted by Gasteiger charge is 2.24. The molecule has 1 amide bonds. The predicted octanol–water partition coefficient (Wildman–Crippen LogP) is 0.654. The number of anilines is 1. The van der Waals surface area contributed by atoms with E-state index in [1.807, 2.05) is 25.1 Å². The Morgan fingerprint density at radius 2 is 2.40 bits per heavy atom. The Kier molecular flexibility index (Phi) is 2.97. The maximum absolute atomic E-state index is 12.0. The van der Waals surface area contributed by atoms with Crippen molar-refractivity contribution in [3.05, 3.63) is 24.4 Å². The van der Waals surface area contributed by atoms with E-state index in [0.29, 0.717) is 6.54 Å². The highest BCUT2D eigenvalue weighted by Crippen LogP contribution is 2.14. The van der Waals surface area contributed by atoms with E-state index in [4.69, 9.17) is 0 Å². The molecule has 0 aliphatic carbocycles. The molecule has 1 aromatic heterocycles. The highest BCUT2D eigenvalue weighted by atomic mass is 16.2. The van der Waals surface area contributed by atoms with Crippen LogP contribution in [0.2, 0.25) is 0 Å². The monoisotopic (exact) mass is 205 g/mol. The smallest absolute Gasteiger partial charge is 0.232 e. The van der Waals surface area contributed by atoms with Crippen molar-refractivity contribution in [1.82, 2.24) is 10.3 Å². The lowest BCUT2D eigenvalue weighted by molar-refractivity contribution is -0.121. The molecule has 2 heterocycles. The lowest BCUT2D eigenvalue weighted by Gasteiger charge is -2.20. The average molecular weight is 205 g/mol. The predicted molar refractivity (Wildman–Crippen MR) is 58.6 cm³/mol. The van der Waals surface area contributed by atoms with E-state index in [0.717, 1.165) is 18.9 Å². The van der Waals surface area contributed by atoms with E-state index in [1.165, 1.54) is 0 Å². The van der Waals surface area contributed by atoms with E-state index >= 15 is 0 Å². The number of hydrogen-bond acceptors (Lipinski definition) is 3. The van der Waals surface area contributed by atoms with Gasteiger partial charge in [0.15, 0.2) is 0 Å². The van der Waals surface area contributed by atoms with Gasteiger partial charge in [-0.05, 0) is 12.1 Å². The lowest BCUT2D eigenvalue weighted by atomic mass is 10.1. The first kappa shape index (κ1) is 10.1. The summed E-state index contributed by atoms with van der Waals surface area (Å²) in [6.07, 6.45) is 1.71. The van der Waals surface area contributed by atoms with Crippen molar-refractivity contribution < 1.29 is 4.79 Å². The molecular formula is C11H15N3O. The van der Waals surface area contributed by atoms with Crippen LogP contribution in [0.25, 0.3) is 0 Å². The molecule has 1 N–H and O–H groups in total. The Bertz CT molecular complexity index is 339. The van der Waals surface area contributed by atoms with Gasteiger partial charge in [-0.2, -0.15) is 0 Å². The molecule has 0 saturated carbocycles. The van der Waals surface area contributed by atoms with Crippen molar-refractivity contribution in [2.75, 3.05) is 24.5 Å². The van der Waals surface area contributed by atoms with Crippen molar-refractivity contribution in [3.8, 4) is 0 Å². The number of aromatic nitrogens is 1. The number of nitrogens with one attached hydrogen (secondary N) is 1. The fraction of sp³-hybridized carbons (Fsp3) is 0.455. The third kappa shape index (κ3) is 2.15. The van der Waals surface area contributed by atoms with Crippen LogP contribution in [0.5, 0.6) is 0 Å². The molecule has 1 aromatic rings. The zero-order valence-electron chi connectivity index (χ0n) is 8.81. The topological polar surface area (TPSA) is 45.2 Å². The largest absolute Gasteiger partial charge is 0.314 e. The molecule has 0 spiro atoms. The zero-order chi connectivity index (χ0) is 10.7. The van der Waals surface area contributed by atoms with Crippen molar-refractivity contribution in [1.29, 1.82) is 0 Å². The third-order valence-corrected chi connectivity index (χ3v) is 2.58. The van der Waals surface area contributed by atoms with Crippen LogP contribution in [0, 0.1) is 5.92 Å². The summed E-state index contributed by atoms with van der Waals surface area (Å²) in [5.41, 5.74) is 0. The Morgan fingerprint density at radius 1 is 1.53 bits per heavy atom. The number of carbonyl (C=O) groups excluding carboxylic acids is 1. The van der Waals surface area contributed by atoms with Crippen LogP contribution in [0.4, 0.5) is 5.82 Å². The van der Waals surface area contributed by atoms with Crippen molar-refractivity contribution in [3.63, 3.8) is 0 Å². The average Bonchev–Trinajstić information content (AvgIpc) is 2.44. The summed E-state index contributed by atoms with van der Waals surface area (Å²) in [4.78, 5) is 18.0. The number of amides is 1. The van der Waals surface area contributed by atoms with Crippen molar-refractivity contribution in [2.24, 2.45) is 5.92 Å². The molecule has 1 fully saturated rings. The minimum Gasteiger partial charge on any atom is -0.314 e. The number of hydrogen-bond donors (Lipinski definition) is 1. The van der Waals surface area contributed by atoms with Gasteiger partial charge in [-0.1, -0.05) is 13.0 Å². The van der Waals surface area contributed by atoms with Crippen LogP contribution in [0.1, 0.15) is 6.92 Å². The SMILES string of the molecule is CC1CNCCN(c2ccccn2)C1=O. The standard InChI is InChI=1S/C11H15N3O/c1-9-8-12-6-7-14(11(9)15)10-4-2-3-5-13-10/h2-5,9,12H,6-8H2,1H3. The van der Waals surface area contributed by atoms with Gasteiger partial charge in [0.25, 0.3) is 0 Å². The quantitative estimate of drug-likeness (QED) is 0.732. The Hall–Kier alpha value is -1.42. The molecule has 15 heavy (non-hydrogen) atoms. The zero-order valence-corrected chi connectivity index (χ0v) is 8.81. The first-order valence-electron chi connectivity index (χ1n) is 5.22. The van der Waals surface area contributed by atoms with Gasteiger partial charge >= 0.3 is 0 Å². The highest BCUT2D eigenvalue weighted by molar-refractivity contribution is 5.94. The van der Waals surface area contributed by atoms with Gasteiger partial charge in [-0.15, -0.1) is 0 Å². The molecule has 0 bridgehead atoms. The minimum atomic E-state index is 0.0227. The Labute approximate surface area is 89.3 Å². The first-order valence-corrected chi connectivity index (χ1v) is 5.22. The summed E-state index contributed by atoms with van der Waals surface area (Å²) in [5, 5.41) is 3.24. The van der Waals surface area contributed by atoms with Gasteiger partial charge in [0, 0.05) is 31.7 Å². The van der Waals surface area contributed by atoms with Gasteiger partial charge in [0.05, 0.1) is 0 Å². The number of pyridine rings is 1. The Morgan fingerprint density at radius 3 is 3.13 bits per heavy atom. The molecule has 1 atom stereocenters. The Balaban J connectivity index is 2.23. The summed E-state index contributed by atoms with van der Waals surface area (Å²) in [6.45, 7) is 4.21. The molecule has 1 unspecified atom stereocenters.